The van der Waals surface area contributed by atoms with Gasteiger partial charge in [0.1, 0.15) is 11.9 Å². The number of halogens is 1. The molecule has 0 aliphatic carbocycles. The van der Waals surface area contributed by atoms with E-state index in [1.165, 1.54) is 0 Å². The van der Waals surface area contributed by atoms with E-state index in [2.05, 4.69) is 16.5 Å². The summed E-state index contributed by atoms with van der Waals surface area (Å²) in [6, 6.07) is 13.4. The fraction of sp³-hybridized carbons (Fsp3) is 0.316. The molecule has 3 rings (SSSR count). The summed E-state index contributed by atoms with van der Waals surface area (Å²) in [5, 5.41) is 10.9. The third kappa shape index (κ3) is 3.57. The van der Waals surface area contributed by atoms with Crippen molar-refractivity contribution in [3.05, 3.63) is 53.9 Å². The van der Waals surface area contributed by atoms with E-state index in [0.29, 0.717) is 17.3 Å². The number of rotatable bonds is 6. The quantitative estimate of drug-likeness (QED) is 0.721. The Hall–Kier alpha value is -2.24. The van der Waals surface area contributed by atoms with Gasteiger partial charge in [0, 0.05) is 6.54 Å². The highest BCUT2D eigenvalue weighted by Gasteiger charge is 2.20. The van der Waals surface area contributed by atoms with Crippen LogP contribution in [-0.4, -0.2) is 28.9 Å². The monoisotopic (exact) mass is 362 g/mol. The number of aryl methyl sites for hydroxylation is 1. The van der Waals surface area contributed by atoms with Gasteiger partial charge in [0.15, 0.2) is 11.5 Å². The Bertz CT molecular complexity index is 848. The van der Waals surface area contributed by atoms with Crippen molar-refractivity contribution >= 4 is 23.4 Å². The lowest BCUT2D eigenvalue weighted by Crippen LogP contribution is -2.10. The average molecular weight is 363 g/mol. The molecule has 0 radical (unpaired) electrons. The van der Waals surface area contributed by atoms with E-state index in [1.54, 1.807) is 26.4 Å². The molecule has 0 saturated heterocycles. The van der Waals surface area contributed by atoms with E-state index in [9.17, 15) is 5.11 Å². The molecule has 0 aliphatic rings. The van der Waals surface area contributed by atoms with Gasteiger partial charge in [0.05, 0.1) is 25.3 Å². The number of nitrogens with zero attached hydrogens (tertiary/aromatic N) is 2. The van der Waals surface area contributed by atoms with Crippen LogP contribution in [0.3, 0.4) is 0 Å². The summed E-state index contributed by atoms with van der Waals surface area (Å²) in [6.07, 6.45) is 0.134. The van der Waals surface area contributed by atoms with Crippen molar-refractivity contribution in [1.29, 1.82) is 0 Å². The number of aliphatic hydroxyl groups excluding tert-OH is 1. The van der Waals surface area contributed by atoms with E-state index in [-0.39, 0.29) is 12.4 Å². The molecule has 1 unspecified atom stereocenters. The van der Waals surface area contributed by atoms with E-state index < -0.39 is 6.10 Å². The Morgan fingerprint density at radius 1 is 1.08 bits per heavy atom. The van der Waals surface area contributed by atoms with Crippen LogP contribution in [0.15, 0.2) is 42.5 Å². The lowest BCUT2D eigenvalue weighted by atomic mass is 10.1. The summed E-state index contributed by atoms with van der Waals surface area (Å²) in [7, 11) is 3.18. The number of ether oxygens (including phenoxy) is 2. The van der Waals surface area contributed by atoms with Gasteiger partial charge < -0.3 is 19.1 Å². The minimum absolute atomic E-state index is 0. The molecule has 6 heteroatoms. The molecule has 0 bridgehead atoms. The van der Waals surface area contributed by atoms with E-state index in [1.807, 2.05) is 30.3 Å². The van der Waals surface area contributed by atoms with Crippen molar-refractivity contribution < 1.29 is 14.6 Å². The molecule has 3 aromatic rings. The fourth-order valence-electron chi connectivity index (χ4n) is 2.93. The third-order valence-corrected chi connectivity index (χ3v) is 4.10. The predicted molar refractivity (Wildman–Crippen MR) is 101 cm³/mol. The molecule has 5 nitrogen and oxygen atoms in total. The van der Waals surface area contributed by atoms with Crippen molar-refractivity contribution in [3.63, 3.8) is 0 Å². The maximum Gasteiger partial charge on any atom is 0.161 e. The number of aliphatic hydroxyl groups is 1. The van der Waals surface area contributed by atoms with Gasteiger partial charge in [0.2, 0.25) is 0 Å². The first-order valence-electron chi connectivity index (χ1n) is 8.04. The second-order valence-electron chi connectivity index (χ2n) is 5.63. The molecule has 1 heterocycles. The van der Waals surface area contributed by atoms with Gasteiger partial charge in [-0.05, 0) is 36.2 Å². The van der Waals surface area contributed by atoms with Gasteiger partial charge in [-0.2, -0.15) is 0 Å². The minimum atomic E-state index is -0.830. The van der Waals surface area contributed by atoms with Crippen molar-refractivity contribution in [2.24, 2.45) is 0 Å². The Morgan fingerprint density at radius 3 is 2.48 bits per heavy atom. The normalized spacial score (nSPS) is 11.8. The summed E-state index contributed by atoms with van der Waals surface area (Å²) < 4.78 is 12.7. The SMILES string of the molecule is CCCn1c(C(O)c2ccc(OC)c(OC)c2)nc2ccccc21.Cl. The molecule has 1 N–H and O–H groups in total. The molecular weight excluding hydrogens is 340 g/mol. The minimum Gasteiger partial charge on any atom is -0.493 e. The Labute approximate surface area is 153 Å². The predicted octanol–water partition coefficient (Wildman–Crippen LogP) is 3.97. The van der Waals surface area contributed by atoms with Gasteiger partial charge in [-0.15, -0.1) is 12.4 Å². The van der Waals surface area contributed by atoms with E-state index in [0.717, 1.165) is 29.6 Å². The van der Waals surface area contributed by atoms with Crippen LogP contribution >= 0.6 is 12.4 Å². The van der Waals surface area contributed by atoms with Crippen LogP contribution < -0.4 is 9.47 Å². The molecule has 1 aromatic heterocycles. The Morgan fingerprint density at radius 2 is 1.80 bits per heavy atom. The van der Waals surface area contributed by atoms with Crippen LogP contribution in [0.1, 0.15) is 30.8 Å². The highest BCUT2D eigenvalue weighted by atomic mass is 35.5. The number of imidazole rings is 1. The van der Waals surface area contributed by atoms with Crippen molar-refractivity contribution in [2.45, 2.75) is 26.0 Å². The van der Waals surface area contributed by atoms with Crippen LogP contribution in [0.4, 0.5) is 0 Å². The number of hydrogen-bond acceptors (Lipinski definition) is 4. The molecule has 25 heavy (non-hydrogen) atoms. The lowest BCUT2D eigenvalue weighted by Gasteiger charge is -2.16. The smallest absolute Gasteiger partial charge is 0.161 e. The number of hydrogen-bond donors (Lipinski definition) is 1. The Kier molecular flexibility index (Phi) is 6.28. The van der Waals surface area contributed by atoms with Crippen LogP contribution in [0.2, 0.25) is 0 Å². The molecule has 0 amide bonds. The van der Waals surface area contributed by atoms with Gasteiger partial charge >= 0.3 is 0 Å². The van der Waals surface area contributed by atoms with Crippen LogP contribution in [0.5, 0.6) is 11.5 Å². The highest BCUT2D eigenvalue weighted by Crippen LogP contribution is 2.33. The maximum atomic E-state index is 10.9. The largest absolute Gasteiger partial charge is 0.493 e. The van der Waals surface area contributed by atoms with Gasteiger partial charge in [-0.1, -0.05) is 25.1 Å². The standard InChI is InChI=1S/C19H22N2O3.ClH/c1-4-11-21-15-8-6-5-7-14(15)20-19(21)18(22)13-9-10-16(23-2)17(12-13)24-3;/h5-10,12,18,22H,4,11H2,1-3H3;1H. The molecule has 0 fully saturated rings. The third-order valence-electron chi connectivity index (χ3n) is 4.10. The van der Waals surface area contributed by atoms with Crippen LogP contribution in [-0.2, 0) is 6.54 Å². The van der Waals surface area contributed by atoms with Crippen LogP contribution in [0.25, 0.3) is 11.0 Å². The fourth-order valence-corrected chi connectivity index (χ4v) is 2.93. The van der Waals surface area contributed by atoms with Crippen molar-refractivity contribution in [2.75, 3.05) is 14.2 Å². The first-order chi connectivity index (χ1) is 11.7. The molecular formula is C19H23ClN2O3. The van der Waals surface area contributed by atoms with Gasteiger partial charge in [-0.3, -0.25) is 0 Å². The van der Waals surface area contributed by atoms with Crippen molar-refractivity contribution in [1.82, 2.24) is 9.55 Å². The number of benzene rings is 2. The summed E-state index contributed by atoms with van der Waals surface area (Å²) >= 11 is 0. The second-order valence-corrected chi connectivity index (χ2v) is 5.63. The lowest BCUT2D eigenvalue weighted by molar-refractivity contribution is 0.204. The zero-order chi connectivity index (χ0) is 17.1. The molecule has 0 saturated carbocycles. The number of fused-ring (bicyclic) bond motifs is 1. The number of aromatic nitrogens is 2. The van der Waals surface area contributed by atoms with Crippen LogP contribution in [0, 0.1) is 0 Å². The van der Waals surface area contributed by atoms with E-state index in [4.69, 9.17) is 9.47 Å². The zero-order valence-corrected chi connectivity index (χ0v) is 15.4. The average Bonchev–Trinajstić information content (AvgIpc) is 2.99. The summed E-state index contributed by atoms with van der Waals surface area (Å²) in [4.78, 5) is 4.65. The number of para-hydroxylation sites is 2. The van der Waals surface area contributed by atoms with Gasteiger partial charge in [-0.25, -0.2) is 4.98 Å². The topological polar surface area (TPSA) is 56.5 Å². The molecule has 2 aromatic carbocycles. The first kappa shape index (κ1) is 19.1. The molecule has 1 atom stereocenters. The summed E-state index contributed by atoms with van der Waals surface area (Å²) in [5.74, 6) is 1.87. The molecule has 0 aliphatic heterocycles. The molecule has 0 spiro atoms. The van der Waals surface area contributed by atoms with Crippen molar-refractivity contribution in [3.8, 4) is 11.5 Å². The molecule has 134 valence electrons. The second kappa shape index (κ2) is 8.23. The maximum absolute atomic E-state index is 10.9. The van der Waals surface area contributed by atoms with E-state index >= 15 is 0 Å². The Balaban J connectivity index is 0.00000225. The first-order valence-corrected chi connectivity index (χ1v) is 8.04. The summed E-state index contributed by atoms with van der Waals surface area (Å²) in [6.45, 7) is 2.92. The highest BCUT2D eigenvalue weighted by molar-refractivity contribution is 5.85. The van der Waals surface area contributed by atoms with Gasteiger partial charge in [0.25, 0.3) is 0 Å². The summed E-state index contributed by atoms with van der Waals surface area (Å²) in [5.41, 5.74) is 2.65. The zero-order valence-electron chi connectivity index (χ0n) is 14.6. The number of methoxy groups -OCH3 is 2.